The van der Waals surface area contributed by atoms with E-state index in [1.165, 1.54) is 24.9 Å². The summed E-state index contributed by atoms with van der Waals surface area (Å²) in [7, 11) is 0. The molecule has 2 aromatic heterocycles. The fourth-order valence-corrected chi connectivity index (χ4v) is 5.95. The second kappa shape index (κ2) is 9.85. The first-order chi connectivity index (χ1) is 17.7. The van der Waals surface area contributed by atoms with Gasteiger partial charge in [0.15, 0.2) is 5.82 Å². The number of rotatable bonds is 5. The van der Waals surface area contributed by atoms with Crippen molar-refractivity contribution in [3.05, 3.63) is 81.9 Å². The maximum absolute atomic E-state index is 13.6. The molecule has 1 atom stereocenters. The summed E-state index contributed by atoms with van der Waals surface area (Å²) in [6.07, 6.45) is 5.82. The van der Waals surface area contributed by atoms with Gasteiger partial charge in [0.1, 0.15) is 6.04 Å². The smallest absolute Gasteiger partial charge is 0.253 e. The van der Waals surface area contributed by atoms with E-state index in [2.05, 4.69) is 72.8 Å². The van der Waals surface area contributed by atoms with Crippen LogP contribution in [0, 0.1) is 6.92 Å². The number of hydrogen-bond acceptors (Lipinski definition) is 6. The van der Waals surface area contributed by atoms with Crippen LogP contribution in [0.25, 0.3) is 10.9 Å². The third kappa shape index (κ3) is 4.30. The highest BCUT2D eigenvalue weighted by Gasteiger charge is 2.34. The largest absolute Gasteiger partial charge is 0.369 e. The van der Waals surface area contributed by atoms with Crippen LogP contribution in [0.2, 0.25) is 0 Å². The average Bonchev–Trinajstić information content (AvgIpc) is 3.41. The molecule has 1 aliphatic heterocycles. The van der Waals surface area contributed by atoms with Gasteiger partial charge in [0, 0.05) is 37.4 Å². The van der Waals surface area contributed by atoms with Crippen molar-refractivity contribution >= 4 is 16.6 Å². The van der Waals surface area contributed by atoms with Crippen LogP contribution in [0.1, 0.15) is 61.1 Å². The van der Waals surface area contributed by atoms with Crippen molar-refractivity contribution in [1.29, 1.82) is 0 Å². The molecule has 1 saturated heterocycles. The fourth-order valence-electron chi connectivity index (χ4n) is 5.95. The lowest BCUT2D eigenvalue weighted by molar-refractivity contribution is 0.192. The molecule has 0 radical (unpaired) electrons. The van der Waals surface area contributed by atoms with Crippen molar-refractivity contribution in [2.45, 2.75) is 51.1 Å². The van der Waals surface area contributed by atoms with Crippen LogP contribution < -0.4 is 10.5 Å². The summed E-state index contributed by atoms with van der Waals surface area (Å²) in [6.45, 7) is 5.44. The van der Waals surface area contributed by atoms with Crippen LogP contribution in [0.4, 0.5) is 5.69 Å². The molecule has 8 nitrogen and oxygen atoms in total. The van der Waals surface area contributed by atoms with Crippen molar-refractivity contribution in [2.24, 2.45) is 0 Å². The molecule has 0 bridgehead atoms. The number of benzene rings is 2. The highest BCUT2D eigenvalue weighted by atomic mass is 16.1. The Labute approximate surface area is 210 Å². The number of nitrogens with zero attached hydrogens (tertiary/aromatic N) is 6. The minimum absolute atomic E-state index is 0.0644. The van der Waals surface area contributed by atoms with Crippen LogP contribution in [0.5, 0.6) is 0 Å². The number of aryl methyl sites for hydroxylation is 1. The number of tetrazole rings is 1. The molecule has 36 heavy (non-hydrogen) atoms. The average molecular weight is 484 g/mol. The molecule has 1 N–H and O–H groups in total. The second-order valence-corrected chi connectivity index (χ2v) is 10.1. The van der Waals surface area contributed by atoms with Crippen LogP contribution in [-0.4, -0.2) is 56.3 Å². The number of pyridine rings is 1. The Morgan fingerprint density at radius 2 is 1.72 bits per heavy atom. The van der Waals surface area contributed by atoms with Gasteiger partial charge in [-0.3, -0.25) is 9.69 Å². The Bertz CT molecular complexity index is 1380. The van der Waals surface area contributed by atoms with Gasteiger partial charge in [-0.2, -0.15) is 0 Å². The van der Waals surface area contributed by atoms with E-state index >= 15 is 0 Å². The Morgan fingerprint density at radius 1 is 0.944 bits per heavy atom. The Balaban J connectivity index is 1.40. The normalized spacial score (nSPS) is 18.5. The van der Waals surface area contributed by atoms with Gasteiger partial charge in [-0.25, -0.2) is 4.68 Å². The molecule has 1 aliphatic carbocycles. The number of aromatic amines is 1. The molecule has 1 unspecified atom stereocenters. The number of para-hydroxylation sites is 2. The molecule has 2 fully saturated rings. The van der Waals surface area contributed by atoms with Crippen molar-refractivity contribution < 1.29 is 0 Å². The molecule has 0 amide bonds. The van der Waals surface area contributed by atoms with Crippen molar-refractivity contribution in [1.82, 2.24) is 30.1 Å². The zero-order valence-corrected chi connectivity index (χ0v) is 20.8. The molecule has 186 valence electrons. The molecule has 2 aromatic carbocycles. The van der Waals surface area contributed by atoms with Crippen LogP contribution >= 0.6 is 0 Å². The van der Waals surface area contributed by atoms with Crippen LogP contribution in [0.15, 0.2) is 59.4 Å². The number of nitrogens with one attached hydrogen (secondary N) is 1. The molecule has 6 rings (SSSR count). The topological polar surface area (TPSA) is 82.9 Å². The highest BCUT2D eigenvalue weighted by Crippen LogP contribution is 2.34. The van der Waals surface area contributed by atoms with E-state index in [4.69, 9.17) is 0 Å². The molecule has 4 aromatic rings. The van der Waals surface area contributed by atoms with Crippen LogP contribution in [-0.2, 0) is 0 Å². The van der Waals surface area contributed by atoms with Gasteiger partial charge in [0.05, 0.1) is 11.6 Å². The quantitative estimate of drug-likeness (QED) is 0.457. The van der Waals surface area contributed by atoms with E-state index in [0.717, 1.165) is 61.3 Å². The third-order valence-corrected chi connectivity index (χ3v) is 7.90. The van der Waals surface area contributed by atoms with Gasteiger partial charge in [0.2, 0.25) is 0 Å². The summed E-state index contributed by atoms with van der Waals surface area (Å²) in [5, 5.41) is 14.2. The number of aromatic nitrogens is 5. The van der Waals surface area contributed by atoms with Gasteiger partial charge in [-0.1, -0.05) is 55.7 Å². The first-order valence-corrected chi connectivity index (χ1v) is 13.1. The van der Waals surface area contributed by atoms with E-state index in [1.807, 2.05) is 23.7 Å². The third-order valence-electron chi connectivity index (χ3n) is 7.90. The number of H-pyrrole nitrogens is 1. The number of fused-ring (bicyclic) bond motifs is 1. The first kappa shape index (κ1) is 22.9. The minimum atomic E-state index is -0.298. The van der Waals surface area contributed by atoms with E-state index in [1.54, 1.807) is 0 Å². The highest BCUT2D eigenvalue weighted by molar-refractivity contribution is 5.82. The predicted molar refractivity (Wildman–Crippen MR) is 141 cm³/mol. The molecule has 0 spiro atoms. The Kier molecular flexibility index (Phi) is 6.27. The summed E-state index contributed by atoms with van der Waals surface area (Å²) in [6, 6.07) is 18.7. The summed E-state index contributed by atoms with van der Waals surface area (Å²) in [5.74, 6) is 0.785. The van der Waals surface area contributed by atoms with E-state index in [9.17, 15) is 4.79 Å². The summed E-state index contributed by atoms with van der Waals surface area (Å²) < 4.78 is 2.02. The van der Waals surface area contributed by atoms with Gasteiger partial charge in [-0.05, 0) is 59.3 Å². The lowest BCUT2D eigenvalue weighted by atomic mass is 9.95. The molecular weight excluding hydrogens is 450 g/mol. The van der Waals surface area contributed by atoms with Gasteiger partial charge >= 0.3 is 0 Å². The SMILES string of the molecule is Cc1cccc2cc(C(c3nnnn3C3CCCCC3)N3CCN(c4ccccc4)CC3)c(=O)[nH]c12. The Morgan fingerprint density at radius 3 is 2.50 bits per heavy atom. The first-order valence-electron chi connectivity index (χ1n) is 13.1. The molecule has 8 heteroatoms. The molecular formula is C28H33N7O. The maximum atomic E-state index is 13.6. The minimum Gasteiger partial charge on any atom is -0.369 e. The molecule has 2 aliphatic rings. The molecule has 1 saturated carbocycles. The lowest BCUT2D eigenvalue weighted by Crippen LogP contribution is -2.49. The molecule has 3 heterocycles. The number of hydrogen-bond donors (Lipinski definition) is 1. The van der Waals surface area contributed by atoms with Gasteiger partial charge < -0.3 is 9.88 Å². The summed E-state index contributed by atoms with van der Waals surface area (Å²) >= 11 is 0. The second-order valence-electron chi connectivity index (χ2n) is 10.1. The maximum Gasteiger partial charge on any atom is 0.253 e. The zero-order chi connectivity index (χ0) is 24.5. The fraction of sp³-hybridized carbons (Fsp3) is 0.429. The Hall–Kier alpha value is -3.52. The van der Waals surface area contributed by atoms with E-state index in [-0.39, 0.29) is 11.6 Å². The lowest BCUT2D eigenvalue weighted by Gasteiger charge is -2.40. The standard InChI is InChI=1S/C28H33N7O/c1-20-9-8-10-21-19-24(28(36)29-25(20)21)26(27-30-31-32-35(27)23-13-6-3-7-14-23)34-17-15-33(16-18-34)22-11-4-2-5-12-22/h2,4-5,8-12,19,23,26H,3,6-7,13-18H2,1H3,(H,29,36). The van der Waals surface area contributed by atoms with E-state index in [0.29, 0.717) is 11.6 Å². The van der Waals surface area contributed by atoms with E-state index < -0.39 is 0 Å². The summed E-state index contributed by atoms with van der Waals surface area (Å²) in [4.78, 5) is 21.5. The van der Waals surface area contributed by atoms with Crippen molar-refractivity contribution in [3.63, 3.8) is 0 Å². The van der Waals surface area contributed by atoms with Gasteiger partial charge in [0.25, 0.3) is 5.56 Å². The summed E-state index contributed by atoms with van der Waals surface area (Å²) in [5.41, 5.74) is 3.85. The van der Waals surface area contributed by atoms with Crippen LogP contribution in [0.3, 0.4) is 0 Å². The zero-order valence-electron chi connectivity index (χ0n) is 20.8. The van der Waals surface area contributed by atoms with Gasteiger partial charge in [-0.15, -0.1) is 5.10 Å². The predicted octanol–water partition coefficient (Wildman–Crippen LogP) is 4.24. The monoisotopic (exact) mass is 483 g/mol. The van der Waals surface area contributed by atoms with Crippen molar-refractivity contribution in [3.8, 4) is 0 Å². The number of anilines is 1. The number of piperazine rings is 1. The van der Waals surface area contributed by atoms with Crippen molar-refractivity contribution in [2.75, 3.05) is 31.1 Å².